The Morgan fingerprint density at radius 3 is 2.69 bits per heavy atom. The zero-order valence-electron chi connectivity index (χ0n) is 7.18. The lowest BCUT2D eigenvalue weighted by molar-refractivity contribution is -0.104. The van der Waals surface area contributed by atoms with Crippen molar-refractivity contribution < 1.29 is 4.79 Å². The van der Waals surface area contributed by atoms with Crippen LogP contribution in [0, 0.1) is 5.92 Å². The summed E-state index contributed by atoms with van der Waals surface area (Å²) in [6, 6.07) is 0. The predicted molar refractivity (Wildman–Crippen MR) is 53.1 cm³/mol. The van der Waals surface area contributed by atoms with Crippen molar-refractivity contribution in [2.75, 3.05) is 0 Å². The van der Waals surface area contributed by atoms with Crippen LogP contribution in [-0.4, -0.2) is 6.29 Å². The first kappa shape index (κ1) is 7.99. The number of aldehydes is 1. The maximum Gasteiger partial charge on any atom is 0.150 e. The van der Waals surface area contributed by atoms with Gasteiger partial charge in [-0.05, 0) is 5.57 Å². The highest BCUT2D eigenvalue weighted by atomic mass is 16.1. The molecule has 64 valence electrons. The van der Waals surface area contributed by atoms with Crippen molar-refractivity contribution in [3.05, 3.63) is 59.8 Å². The third-order valence-corrected chi connectivity index (χ3v) is 2.23. The quantitative estimate of drug-likeness (QED) is 0.552. The Kier molecular flexibility index (Phi) is 2.09. The fraction of sp³-hybridized carbons (Fsp3) is 0.0833. The topological polar surface area (TPSA) is 17.1 Å². The molecule has 0 spiro atoms. The van der Waals surface area contributed by atoms with Gasteiger partial charge in [0.25, 0.3) is 0 Å². The minimum atomic E-state index is 0.264. The summed E-state index contributed by atoms with van der Waals surface area (Å²) in [6.45, 7) is 0. The Morgan fingerprint density at radius 1 is 1.00 bits per heavy atom. The van der Waals surface area contributed by atoms with E-state index in [2.05, 4.69) is 12.2 Å². The molecule has 0 bridgehead atoms. The second-order valence-corrected chi connectivity index (χ2v) is 3.04. The lowest BCUT2D eigenvalue weighted by Gasteiger charge is -2.15. The average molecular weight is 170 g/mol. The first-order valence-corrected chi connectivity index (χ1v) is 4.31. The summed E-state index contributed by atoms with van der Waals surface area (Å²) < 4.78 is 0. The van der Waals surface area contributed by atoms with Crippen LogP contribution in [0.1, 0.15) is 0 Å². The molecule has 1 unspecified atom stereocenters. The highest BCUT2D eigenvalue weighted by Crippen LogP contribution is 2.26. The molecule has 0 radical (unpaired) electrons. The van der Waals surface area contributed by atoms with Gasteiger partial charge in [-0.1, -0.05) is 48.6 Å². The van der Waals surface area contributed by atoms with E-state index in [1.54, 1.807) is 0 Å². The number of hydrogen-bond acceptors (Lipinski definition) is 1. The van der Waals surface area contributed by atoms with Crippen LogP contribution >= 0.6 is 0 Å². The second-order valence-electron chi connectivity index (χ2n) is 3.04. The van der Waals surface area contributed by atoms with Crippen LogP contribution in [0.5, 0.6) is 0 Å². The fourth-order valence-corrected chi connectivity index (χ4v) is 1.56. The van der Waals surface area contributed by atoms with Crippen LogP contribution in [0.2, 0.25) is 0 Å². The molecule has 0 aromatic carbocycles. The van der Waals surface area contributed by atoms with Crippen molar-refractivity contribution in [1.82, 2.24) is 0 Å². The molecule has 0 heterocycles. The van der Waals surface area contributed by atoms with E-state index < -0.39 is 0 Å². The van der Waals surface area contributed by atoms with Gasteiger partial charge in [-0.2, -0.15) is 0 Å². The molecule has 0 N–H and O–H groups in total. The summed E-state index contributed by atoms with van der Waals surface area (Å²) in [7, 11) is 0. The van der Waals surface area contributed by atoms with Crippen molar-refractivity contribution in [1.29, 1.82) is 0 Å². The highest BCUT2D eigenvalue weighted by Gasteiger charge is 2.14. The van der Waals surface area contributed by atoms with Crippen molar-refractivity contribution in [3.8, 4) is 0 Å². The Hall–Kier alpha value is -1.63. The SMILES string of the molecule is O=CC1=CC=CC2C=CC=CC=C12. The Morgan fingerprint density at radius 2 is 1.85 bits per heavy atom. The summed E-state index contributed by atoms with van der Waals surface area (Å²) in [5.41, 5.74) is 1.87. The molecule has 2 rings (SSSR count). The molecule has 13 heavy (non-hydrogen) atoms. The number of fused-ring (bicyclic) bond motifs is 1. The zero-order valence-corrected chi connectivity index (χ0v) is 7.18. The van der Waals surface area contributed by atoms with Gasteiger partial charge in [0.05, 0.1) is 0 Å². The van der Waals surface area contributed by atoms with Gasteiger partial charge in [0.1, 0.15) is 6.29 Å². The van der Waals surface area contributed by atoms with E-state index in [0.717, 1.165) is 17.4 Å². The molecule has 0 fully saturated rings. The van der Waals surface area contributed by atoms with Gasteiger partial charge in [-0.25, -0.2) is 0 Å². The molecular formula is C12H10O. The van der Waals surface area contributed by atoms with Gasteiger partial charge in [-0.15, -0.1) is 0 Å². The van der Waals surface area contributed by atoms with Gasteiger partial charge in [0, 0.05) is 11.5 Å². The first-order chi connectivity index (χ1) is 6.42. The molecular weight excluding hydrogens is 160 g/mol. The van der Waals surface area contributed by atoms with Crippen molar-refractivity contribution in [3.63, 3.8) is 0 Å². The van der Waals surface area contributed by atoms with Gasteiger partial charge in [-0.3, -0.25) is 4.79 Å². The van der Waals surface area contributed by atoms with Crippen LogP contribution in [0.3, 0.4) is 0 Å². The largest absolute Gasteiger partial charge is 0.298 e. The van der Waals surface area contributed by atoms with E-state index in [9.17, 15) is 4.79 Å². The Bertz CT molecular complexity index is 365. The maximum atomic E-state index is 10.7. The van der Waals surface area contributed by atoms with Crippen molar-refractivity contribution in [2.45, 2.75) is 0 Å². The highest BCUT2D eigenvalue weighted by molar-refractivity contribution is 5.82. The van der Waals surface area contributed by atoms with Gasteiger partial charge >= 0.3 is 0 Å². The molecule has 0 saturated heterocycles. The van der Waals surface area contributed by atoms with E-state index in [4.69, 9.17) is 0 Å². The van der Waals surface area contributed by atoms with E-state index in [0.29, 0.717) is 0 Å². The molecule has 0 amide bonds. The molecule has 2 aliphatic carbocycles. The van der Waals surface area contributed by atoms with Gasteiger partial charge in [0.2, 0.25) is 0 Å². The second kappa shape index (κ2) is 3.40. The van der Waals surface area contributed by atoms with Crippen LogP contribution < -0.4 is 0 Å². The van der Waals surface area contributed by atoms with Crippen LogP contribution in [0.25, 0.3) is 0 Å². The molecule has 1 heteroatoms. The normalized spacial score (nSPS) is 24.5. The lowest BCUT2D eigenvalue weighted by Crippen LogP contribution is -2.04. The van der Waals surface area contributed by atoms with E-state index in [-0.39, 0.29) is 5.92 Å². The minimum Gasteiger partial charge on any atom is -0.298 e. The number of allylic oxidation sites excluding steroid dienone is 10. The van der Waals surface area contributed by atoms with E-state index >= 15 is 0 Å². The standard InChI is InChI=1S/C12H10O/c13-9-11-7-4-6-10-5-2-1-3-8-12(10)11/h1-10H. The number of hydrogen-bond donors (Lipinski definition) is 0. The zero-order chi connectivity index (χ0) is 9.10. The Balaban J connectivity index is 2.45. The van der Waals surface area contributed by atoms with Crippen molar-refractivity contribution in [2.24, 2.45) is 5.92 Å². The third kappa shape index (κ3) is 1.45. The molecule has 0 aromatic heterocycles. The predicted octanol–water partition coefficient (Wildman–Crippen LogP) is 2.35. The summed E-state index contributed by atoms with van der Waals surface area (Å²) in [6.07, 6.45) is 16.8. The van der Waals surface area contributed by atoms with Crippen LogP contribution in [0.15, 0.2) is 59.8 Å². The third-order valence-electron chi connectivity index (χ3n) is 2.23. The van der Waals surface area contributed by atoms with Gasteiger partial charge < -0.3 is 0 Å². The molecule has 1 nitrogen and oxygen atoms in total. The van der Waals surface area contributed by atoms with Crippen molar-refractivity contribution >= 4 is 6.29 Å². The molecule has 1 atom stereocenters. The monoisotopic (exact) mass is 170 g/mol. The number of carbonyl (C=O) groups is 1. The first-order valence-electron chi connectivity index (χ1n) is 4.31. The lowest BCUT2D eigenvalue weighted by atomic mass is 9.88. The summed E-state index contributed by atoms with van der Waals surface area (Å²) in [4.78, 5) is 10.7. The Labute approximate surface area is 77.5 Å². The van der Waals surface area contributed by atoms with Crippen LogP contribution in [-0.2, 0) is 4.79 Å². The molecule has 0 aliphatic heterocycles. The summed E-state index contributed by atoms with van der Waals surface area (Å²) in [5, 5.41) is 0. The smallest absolute Gasteiger partial charge is 0.150 e. The number of carbonyl (C=O) groups excluding carboxylic acids is 1. The number of rotatable bonds is 1. The summed E-state index contributed by atoms with van der Waals surface area (Å²) >= 11 is 0. The van der Waals surface area contributed by atoms with Crippen LogP contribution in [0.4, 0.5) is 0 Å². The maximum absolute atomic E-state index is 10.7. The summed E-state index contributed by atoms with van der Waals surface area (Å²) in [5.74, 6) is 0.264. The molecule has 0 saturated carbocycles. The van der Waals surface area contributed by atoms with Gasteiger partial charge in [0.15, 0.2) is 0 Å². The average Bonchev–Trinajstić information content (AvgIpc) is 2.41. The van der Waals surface area contributed by atoms with E-state index in [1.807, 2.05) is 36.5 Å². The fourth-order valence-electron chi connectivity index (χ4n) is 1.56. The minimum absolute atomic E-state index is 0.264. The molecule has 0 aromatic rings. The molecule has 2 aliphatic rings. The van der Waals surface area contributed by atoms with E-state index in [1.165, 1.54) is 0 Å².